The first kappa shape index (κ1) is 17.3. The van der Waals surface area contributed by atoms with E-state index in [4.69, 9.17) is 33.3 Å². The highest BCUT2D eigenvalue weighted by atomic mass is 35.5. The minimum Gasteiger partial charge on any atom is -0.495 e. The van der Waals surface area contributed by atoms with Gasteiger partial charge < -0.3 is 20.1 Å². The van der Waals surface area contributed by atoms with E-state index < -0.39 is 0 Å². The van der Waals surface area contributed by atoms with Gasteiger partial charge >= 0.3 is 0 Å². The summed E-state index contributed by atoms with van der Waals surface area (Å²) < 4.78 is 10.9. The molecule has 1 aliphatic carbocycles. The molecule has 0 atom stereocenters. The second kappa shape index (κ2) is 9.18. The Kier molecular flexibility index (Phi) is 7.22. The van der Waals surface area contributed by atoms with Gasteiger partial charge in [-0.1, -0.05) is 24.4 Å². The number of anilines is 1. The molecular formula is C16H23ClN2O2S. The molecule has 0 heterocycles. The van der Waals surface area contributed by atoms with E-state index in [0.717, 1.165) is 25.3 Å². The zero-order valence-electron chi connectivity index (χ0n) is 12.9. The predicted octanol–water partition coefficient (Wildman–Crippen LogP) is 3.98. The molecule has 0 aromatic heterocycles. The summed E-state index contributed by atoms with van der Waals surface area (Å²) in [5.74, 6) is 0.648. The van der Waals surface area contributed by atoms with Gasteiger partial charge in [0, 0.05) is 18.8 Å². The topological polar surface area (TPSA) is 42.5 Å². The van der Waals surface area contributed by atoms with Crippen molar-refractivity contribution >= 4 is 34.6 Å². The van der Waals surface area contributed by atoms with Crippen molar-refractivity contribution in [2.75, 3.05) is 25.6 Å². The molecule has 122 valence electrons. The van der Waals surface area contributed by atoms with E-state index in [9.17, 15) is 0 Å². The van der Waals surface area contributed by atoms with Crippen LogP contribution in [-0.4, -0.2) is 31.5 Å². The van der Waals surface area contributed by atoms with Crippen LogP contribution >= 0.6 is 23.8 Å². The Morgan fingerprint density at radius 1 is 1.36 bits per heavy atom. The zero-order chi connectivity index (χ0) is 15.8. The highest BCUT2D eigenvalue weighted by Gasteiger charge is 2.14. The first-order valence-corrected chi connectivity index (χ1v) is 8.47. The molecule has 0 amide bonds. The van der Waals surface area contributed by atoms with Crippen LogP contribution in [0.3, 0.4) is 0 Å². The Labute approximate surface area is 142 Å². The molecule has 4 nitrogen and oxygen atoms in total. The summed E-state index contributed by atoms with van der Waals surface area (Å²) in [5.41, 5.74) is 0.838. The van der Waals surface area contributed by atoms with Crippen molar-refractivity contribution in [2.24, 2.45) is 0 Å². The number of hydrogen-bond donors (Lipinski definition) is 2. The van der Waals surface area contributed by atoms with E-state index >= 15 is 0 Å². The quantitative estimate of drug-likeness (QED) is 0.579. The molecule has 2 rings (SSSR count). The minimum atomic E-state index is 0.478. The van der Waals surface area contributed by atoms with Gasteiger partial charge in [0.15, 0.2) is 5.11 Å². The van der Waals surface area contributed by atoms with Gasteiger partial charge in [-0.2, -0.15) is 0 Å². The number of thiocarbonyl (C=S) groups is 1. The number of halogens is 1. The Bertz CT molecular complexity index is 493. The van der Waals surface area contributed by atoms with Gasteiger partial charge in [0.05, 0.1) is 18.2 Å². The van der Waals surface area contributed by atoms with Gasteiger partial charge in [-0.15, -0.1) is 0 Å². The van der Waals surface area contributed by atoms with Gasteiger partial charge in [0.25, 0.3) is 0 Å². The molecule has 0 unspecified atom stereocenters. The maximum absolute atomic E-state index is 6.08. The van der Waals surface area contributed by atoms with Crippen molar-refractivity contribution in [1.82, 2.24) is 5.32 Å². The zero-order valence-corrected chi connectivity index (χ0v) is 14.4. The highest BCUT2D eigenvalue weighted by Crippen LogP contribution is 2.27. The van der Waals surface area contributed by atoms with Crippen molar-refractivity contribution < 1.29 is 9.47 Å². The average Bonchev–Trinajstić information content (AvgIpc) is 3.00. The molecule has 1 aliphatic rings. The molecule has 1 saturated carbocycles. The molecule has 0 spiro atoms. The normalized spacial score (nSPS) is 14.8. The molecular weight excluding hydrogens is 320 g/mol. The Morgan fingerprint density at radius 2 is 2.14 bits per heavy atom. The third-order valence-electron chi connectivity index (χ3n) is 3.67. The van der Waals surface area contributed by atoms with E-state index in [0.29, 0.717) is 22.0 Å². The summed E-state index contributed by atoms with van der Waals surface area (Å²) in [6.45, 7) is 1.58. The van der Waals surface area contributed by atoms with E-state index in [-0.39, 0.29) is 0 Å². The Hall–Kier alpha value is -1.04. The molecule has 1 aromatic carbocycles. The van der Waals surface area contributed by atoms with Gasteiger partial charge in [-0.05, 0) is 49.7 Å². The first-order chi connectivity index (χ1) is 10.7. The maximum Gasteiger partial charge on any atom is 0.170 e. The largest absolute Gasteiger partial charge is 0.495 e. The van der Waals surface area contributed by atoms with Crippen LogP contribution < -0.4 is 15.4 Å². The smallest absolute Gasteiger partial charge is 0.170 e. The number of ether oxygens (including phenoxy) is 2. The lowest BCUT2D eigenvalue weighted by atomic mass is 10.3. The van der Waals surface area contributed by atoms with E-state index in [1.54, 1.807) is 13.2 Å². The summed E-state index contributed by atoms with van der Waals surface area (Å²) in [7, 11) is 1.59. The predicted molar refractivity (Wildman–Crippen MR) is 95.1 cm³/mol. The Morgan fingerprint density at radius 3 is 2.82 bits per heavy atom. The highest BCUT2D eigenvalue weighted by molar-refractivity contribution is 7.80. The summed E-state index contributed by atoms with van der Waals surface area (Å²) in [6, 6.07) is 5.47. The number of benzene rings is 1. The van der Waals surface area contributed by atoms with Crippen LogP contribution in [0.2, 0.25) is 5.02 Å². The second-order valence-corrected chi connectivity index (χ2v) is 6.18. The summed E-state index contributed by atoms with van der Waals surface area (Å²) in [4.78, 5) is 0. The lowest BCUT2D eigenvalue weighted by molar-refractivity contribution is 0.0574. The monoisotopic (exact) mass is 342 g/mol. The van der Waals surface area contributed by atoms with Gasteiger partial charge in [-0.25, -0.2) is 0 Å². The van der Waals surface area contributed by atoms with Crippen molar-refractivity contribution in [3.05, 3.63) is 23.2 Å². The van der Waals surface area contributed by atoms with Crippen LogP contribution in [0.15, 0.2) is 18.2 Å². The molecule has 0 saturated heterocycles. The number of nitrogens with one attached hydrogen (secondary N) is 2. The van der Waals surface area contributed by atoms with Crippen LogP contribution in [0.1, 0.15) is 32.1 Å². The van der Waals surface area contributed by atoms with E-state index in [1.807, 2.05) is 12.1 Å². The Balaban J connectivity index is 1.62. The van der Waals surface area contributed by atoms with Crippen LogP contribution in [0.25, 0.3) is 0 Å². The van der Waals surface area contributed by atoms with E-state index in [1.165, 1.54) is 25.7 Å². The fourth-order valence-electron chi connectivity index (χ4n) is 2.50. The SMILES string of the molecule is COc1ccc(NC(=S)NCCCOC2CCCC2)cc1Cl. The summed E-state index contributed by atoms with van der Waals surface area (Å²) >= 11 is 11.3. The van der Waals surface area contributed by atoms with Gasteiger partial charge in [0.1, 0.15) is 5.75 Å². The van der Waals surface area contributed by atoms with Gasteiger partial charge in [-0.3, -0.25) is 0 Å². The minimum absolute atomic E-state index is 0.478. The average molecular weight is 343 g/mol. The summed E-state index contributed by atoms with van der Waals surface area (Å²) in [5, 5.41) is 7.42. The molecule has 6 heteroatoms. The lowest BCUT2D eigenvalue weighted by Gasteiger charge is -2.13. The first-order valence-electron chi connectivity index (χ1n) is 7.69. The second-order valence-electron chi connectivity index (χ2n) is 5.36. The lowest BCUT2D eigenvalue weighted by Crippen LogP contribution is -2.30. The van der Waals surface area contributed by atoms with Crippen LogP contribution in [0.4, 0.5) is 5.69 Å². The molecule has 1 aromatic rings. The molecule has 2 N–H and O–H groups in total. The molecule has 0 bridgehead atoms. The van der Waals surface area contributed by atoms with Gasteiger partial charge in [0.2, 0.25) is 0 Å². The van der Waals surface area contributed by atoms with Crippen LogP contribution in [0.5, 0.6) is 5.75 Å². The number of rotatable bonds is 7. The third-order valence-corrected chi connectivity index (χ3v) is 4.21. The number of methoxy groups -OCH3 is 1. The molecule has 1 fully saturated rings. The van der Waals surface area contributed by atoms with Crippen molar-refractivity contribution in [3.8, 4) is 5.75 Å². The molecule has 0 aliphatic heterocycles. The van der Waals surface area contributed by atoms with Crippen molar-refractivity contribution in [2.45, 2.75) is 38.2 Å². The molecule has 0 radical (unpaired) electrons. The summed E-state index contributed by atoms with van der Waals surface area (Å²) in [6.07, 6.45) is 6.47. The van der Waals surface area contributed by atoms with Crippen LogP contribution in [0, 0.1) is 0 Å². The standard InChI is InChI=1S/C16H23ClN2O2S/c1-20-15-8-7-12(11-14(15)17)19-16(22)18-9-4-10-21-13-5-2-3-6-13/h7-8,11,13H,2-6,9-10H2,1H3,(H2,18,19,22). The number of hydrogen-bond acceptors (Lipinski definition) is 3. The molecule has 22 heavy (non-hydrogen) atoms. The van der Waals surface area contributed by atoms with E-state index in [2.05, 4.69) is 10.6 Å². The van der Waals surface area contributed by atoms with Crippen LogP contribution in [-0.2, 0) is 4.74 Å². The third kappa shape index (κ3) is 5.63. The van der Waals surface area contributed by atoms with Crippen molar-refractivity contribution in [3.63, 3.8) is 0 Å². The maximum atomic E-state index is 6.08. The fourth-order valence-corrected chi connectivity index (χ4v) is 2.98. The fraction of sp³-hybridized carbons (Fsp3) is 0.562. The van der Waals surface area contributed by atoms with Crippen molar-refractivity contribution in [1.29, 1.82) is 0 Å².